The normalized spacial score (nSPS) is 10.2. The first kappa shape index (κ1) is 11.0. The molecule has 15 heavy (non-hydrogen) atoms. The van der Waals surface area contributed by atoms with Gasteiger partial charge in [0.25, 0.3) is 0 Å². The van der Waals surface area contributed by atoms with E-state index in [1.54, 1.807) is 12.1 Å². The van der Waals surface area contributed by atoms with Crippen LogP contribution in [0, 0.1) is 6.92 Å². The van der Waals surface area contributed by atoms with E-state index >= 15 is 0 Å². The number of hydrogen-bond donors (Lipinski definition) is 1. The summed E-state index contributed by atoms with van der Waals surface area (Å²) in [6.45, 7) is 1.85. The number of amides is 1. The van der Waals surface area contributed by atoms with Crippen molar-refractivity contribution in [2.75, 3.05) is 5.32 Å². The highest BCUT2D eigenvalue weighted by molar-refractivity contribution is 6.02. The summed E-state index contributed by atoms with van der Waals surface area (Å²) in [6, 6.07) is 7.21. The Kier molecular flexibility index (Phi) is 3.62. The predicted octanol–water partition coefficient (Wildman–Crippen LogP) is 0.240. The maximum atomic E-state index is 11.2. The van der Waals surface area contributed by atoms with E-state index in [0.29, 0.717) is 11.8 Å². The molecule has 1 aromatic rings. The highest BCUT2D eigenvalue weighted by Gasteiger charge is 1.99. The van der Waals surface area contributed by atoms with Gasteiger partial charge in [-0.2, -0.15) is 0 Å². The van der Waals surface area contributed by atoms with Gasteiger partial charge in [0.1, 0.15) is 0 Å². The lowest BCUT2D eigenvalue weighted by atomic mass is 10.2. The molecule has 0 fully saturated rings. The molecule has 78 valence electrons. The average Bonchev–Trinajstić information content (AvgIpc) is 2.18. The Morgan fingerprint density at radius 2 is 1.93 bits per heavy atom. The largest absolute Gasteiger partial charge is 0.545 e. The number of carboxylic acid groups (broad SMARTS) is 1. The van der Waals surface area contributed by atoms with Gasteiger partial charge >= 0.3 is 0 Å². The van der Waals surface area contributed by atoms with Crippen molar-refractivity contribution < 1.29 is 14.7 Å². The molecular weight excluding hydrogens is 194 g/mol. The number of para-hydroxylation sites is 1. The Bertz CT molecular complexity index is 410. The fourth-order valence-corrected chi connectivity index (χ4v) is 1.03. The molecule has 4 nitrogen and oxygen atoms in total. The highest BCUT2D eigenvalue weighted by atomic mass is 16.4. The lowest BCUT2D eigenvalue weighted by molar-refractivity contribution is -0.297. The molecular formula is C11H10NO3-. The first-order chi connectivity index (χ1) is 7.09. The Morgan fingerprint density at radius 3 is 2.53 bits per heavy atom. The third-order valence-electron chi connectivity index (χ3n) is 1.77. The van der Waals surface area contributed by atoms with Crippen LogP contribution in [-0.4, -0.2) is 11.9 Å². The fraction of sp³-hybridized carbons (Fsp3) is 0.0909. The lowest BCUT2D eigenvalue weighted by Crippen LogP contribution is -2.20. The Hall–Kier alpha value is -2.10. The zero-order valence-corrected chi connectivity index (χ0v) is 8.19. The van der Waals surface area contributed by atoms with E-state index in [1.807, 2.05) is 19.1 Å². The number of nitrogens with one attached hydrogen (secondary N) is 1. The topological polar surface area (TPSA) is 69.2 Å². The second-order valence-electron chi connectivity index (χ2n) is 2.96. The third-order valence-corrected chi connectivity index (χ3v) is 1.77. The first-order valence-electron chi connectivity index (χ1n) is 4.35. The van der Waals surface area contributed by atoms with E-state index < -0.39 is 11.9 Å². The van der Waals surface area contributed by atoms with Crippen molar-refractivity contribution in [3.8, 4) is 0 Å². The van der Waals surface area contributed by atoms with Crippen LogP contribution in [0.1, 0.15) is 5.56 Å². The van der Waals surface area contributed by atoms with Gasteiger partial charge < -0.3 is 15.2 Å². The fourth-order valence-electron chi connectivity index (χ4n) is 1.03. The molecule has 4 heteroatoms. The number of aliphatic carboxylic acids is 1. The smallest absolute Gasteiger partial charge is 0.248 e. The van der Waals surface area contributed by atoms with Crippen LogP contribution >= 0.6 is 0 Å². The van der Waals surface area contributed by atoms with Crippen molar-refractivity contribution in [1.82, 2.24) is 0 Å². The van der Waals surface area contributed by atoms with E-state index in [9.17, 15) is 14.7 Å². The zero-order valence-electron chi connectivity index (χ0n) is 8.19. The summed E-state index contributed by atoms with van der Waals surface area (Å²) < 4.78 is 0. The number of benzene rings is 1. The van der Waals surface area contributed by atoms with Gasteiger partial charge in [0, 0.05) is 11.8 Å². The van der Waals surface area contributed by atoms with E-state index in [0.717, 1.165) is 11.6 Å². The SMILES string of the molecule is Cc1ccccc1NC(=O)/C=C/C(=O)[O-]. The van der Waals surface area contributed by atoms with Crippen LogP contribution in [-0.2, 0) is 9.59 Å². The quantitative estimate of drug-likeness (QED) is 0.717. The molecule has 0 aliphatic rings. The molecule has 0 spiro atoms. The summed E-state index contributed by atoms with van der Waals surface area (Å²) in [7, 11) is 0. The van der Waals surface area contributed by atoms with E-state index in [-0.39, 0.29) is 0 Å². The number of carbonyl (C=O) groups is 2. The van der Waals surface area contributed by atoms with Crippen molar-refractivity contribution >= 4 is 17.6 Å². The van der Waals surface area contributed by atoms with Gasteiger partial charge in [0.05, 0.1) is 5.97 Å². The first-order valence-corrected chi connectivity index (χ1v) is 4.35. The van der Waals surface area contributed by atoms with Crippen LogP contribution in [0.15, 0.2) is 36.4 Å². The number of carboxylic acids is 1. The number of hydrogen-bond acceptors (Lipinski definition) is 3. The molecule has 0 saturated carbocycles. The number of carbonyl (C=O) groups excluding carboxylic acids is 2. The number of anilines is 1. The zero-order chi connectivity index (χ0) is 11.3. The second kappa shape index (κ2) is 4.95. The Labute approximate surface area is 87.2 Å². The Balaban J connectivity index is 2.67. The lowest BCUT2D eigenvalue weighted by Gasteiger charge is -2.05. The number of aryl methyl sites for hydroxylation is 1. The van der Waals surface area contributed by atoms with Crippen LogP contribution in [0.4, 0.5) is 5.69 Å². The van der Waals surface area contributed by atoms with Gasteiger partial charge in [-0.3, -0.25) is 4.79 Å². The minimum absolute atomic E-state index is 0.492. The molecule has 0 unspecified atom stereocenters. The molecule has 0 aliphatic carbocycles. The minimum atomic E-state index is -1.39. The van der Waals surface area contributed by atoms with Crippen LogP contribution in [0.2, 0.25) is 0 Å². The van der Waals surface area contributed by atoms with Gasteiger partial charge in [-0.15, -0.1) is 0 Å². The molecule has 1 amide bonds. The molecule has 0 saturated heterocycles. The summed E-state index contributed by atoms with van der Waals surface area (Å²) in [5.41, 5.74) is 1.57. The van der Waals surface area contributed by atoms with Crippen molar-refractivity contribution in [1.29, 1.82) is 0 Å². The summed E-state index contributed by atoms with van der Waals surface area (Å²) in [5, 5.41) is 12.6. The van der Waals surface area contributed by atoms with Gasteiger partial charge in [-0.1, -0.05) is 18.2 Å². The maximum absolute atomic E-state index is 11.2. The predicted molar refractivity (Wildman–Crippen MR) is 54.0 cm³/mol. The maximum Gasteiger partial charge on any atom is 0.248 e. The van der Waals surface area contributed by atoms with Crippen molar-refractivity contribution in [2.24, 2.45) is 0 Å². The van der Waals surface area contributed by atoms with Gasteiger partial charge in [0.15, 0.2) is 0 Å². The van der Waals surface area contributed by atoms with Crippen LogP contribution in [0.25, 0.3) is 0 Å². The molecule has 0 atom stereocenters. The molecule has 1 aromatic carbocycles. The highest BCUT2D eigenvalue weighted by Crippen LogP contribution is 2.12. The Morgan fingerprint density at radius 1 is 1.27 bits per heavy atom. The summed E-state index contributed by atoms with van der Waals surface area (Å²) in [5.74, 6) is -1.89. The molecule has 0 radical (unpaired) electrons. The number of rotatable bonds is 3. The molecule has 1 rings (SSSR count). The van der Waals surface area contributed by atoms with Crippen LogP contribution < -0.4 is 10.4 Å². The second-order valence-corrected chi connectivity index (χ2v) is 2.96. The van der Waals surface area contributed by atoms with E-state index in [4.69, 9.17) is 0 Å². The monoisotopic (exact) mass is 204 g/mol. The molecule has 0 heterocycles. The van der Waals surface area contributed by atoms with Crippen LogP contribution in [0.5, 0.6) is 0 Å². The van der Waals surface area contributed by atoms with Crippen LogP contribution in [0.3, 0.4) is 0 Å². The van der Waals surface area contributed by atoms with Crippen molar-refractivity contribution in [3.05, 3.63) is 42.0 Å². The summed E-state index contributed by atoms with van der Waals surface area (Å²) in [6.07, 6.45) is 1.61. The minimum Gasteiger partial charge on any atom is -0.545 e. The van der Waals surface area contributed by atoms with Gasteiger partial charge in [-0.05, 0) is 24.6 Å². The standard InChI is InChI=1S/C11H11NO3/c1-8-4-2-3-5-9(8)12-10(13)6-7-11(14)15/h2-7H,1H3,(H,12,13)(H,14,15)/p-1/b7-6+. The van der Waals surface area contributed by atoms with E-state index in [2.05, 4.69) is 5.32 Å². The van der Waals surface area contributed by atoms with Crippen molar-refractivity contribution in [3.63, 3.8) is 0 Å². The van der Waals surface area contributed by atoms with Gasteiger partial charge in [0.2, 0.25) is 5.91 Å². The third kappa shape index (κ3) is 3.64. The van der Waals surface area contributed by atoms with E-state index in [1.165, 1.54) is 0 Å². The summed E-state index contributed by atoms with van der Waals surface area (Å²) >= 11 is 0. The van der Waals surface area contributed by atoms with Crippen molar-refractivity contribution in [2.45, 2.75) is 6.92 Å². The summed E-state index contributed by atoms with van der Waals surface area (Å²) in [4.78, 5) is 21.2. The molecule has 0 aliphatic heterocycles. The molecule has 0 bridgehead atoms. The molecule has 1 N–H and O–H groups in total. The van der Waals surface area contributed by atoms with Gasteiger partial charge in [-0.25, -0.2) is 0 Å². The average molecular weight is 204 g/mol. The molecule has 0 aromatic heterocycles.